The van der Waals surface area contributed by atoms with Crippen molar-refractivity contribution in [3.8, 4) is 0 Å². The Hall–Kier alpha value is -1.93. The van der Waals surface area contributed by atoms with Crippen LogP contribution < -0.4 is 9.62 Å². The normalized spacial score (nSPS) is 16.6. The highest BCUT2D eigenvalue weighted by molar-refractivity contribution is 7.93. The number of nitrogens with zero attached hydrogens (tertiary/aromatic N) is 2. The highest BCUT2D eigenvalue weighted by atomic mass is 32.2. The smallest absolute Gasteiger partial charge is 0.263 e. The van der Waals surface area contributed by atoms with Gasteiger partial charge in [-0.3, -0.25) is 9.52 Å². The summed E-state index contributed by atoms with van der Waals surface area (Å²) in [6, 6.07) is 4.94. The molecular formula is C17H21N3O3S2. The summed E-state index contributed by atoms with van der Waals surface area (Å²) in [6.07, 6.45) is 1.99. The van der Waals surface area contributed by atoms with Gasteiger partial charge in [-0.05, 0) is 37.6 Å². The fraction of sp³-hybridized carbons (Fsp3) is 0.412. The maximum atomic E-state index is 12.7. The number of amides is 1. The second-order valence-electron chi connectivity index (χ2n) is 6.76. The average molecular weight is 380 g/mol. The molecule has 0 radical (unpaired) electrons. The van der Waals surface area contributed by atoms with Gasteiger partial charge in [0.2, 0.25) is 5.91 Å². The average Bonchev–Trinajstić information content (AvgIpc) is 2.91. The minimum atomic E-state index is -3.73. The van der Waals surface area contributed by atoms with Crippen LogP contribution in [0.5, 0.6) is 0 Å². The Morgan fingerprint density at radius 2 is 2.08 bits per heavy atom. The Bertz CT molecular complexity index is 932. The van der Waals surface area contributed by atoms with Crippen molar-refractivity contribution in [2.45, 2.75) is 44.4 Å². The SMILES string of the molecule is CCN1C(=O)CC(C)(C)c2cc(S(=O)(=O)Nc3ncc(C)s3)ccc21. The van der Waals surface area contributed by atoms with Crippen molar-refractivity contribution in [3.05, 3.63) is 34.8 Å². The van der Waals surface area contributed by atoms with Crippen LogP contribution in [-0.4, -0.2) is 25.9 Å². The molecular weight excluding hydrogens is 358 g/mol. The Balaban J connectivity index is 2.04. The van der Waals surface area contributed by atoms with Gasteiger partial charge in [-0.2, -0.15) is 0 Å². The van der Waals surface area contributed by atoms with Crippen LogP contribution in [0.2, 0.25) is 0 Å². The lowest BCUT2D eigenvalue weighted by molar-refractivity contribution is -0.120. The molecule has 0 atom stereocenters. The second kappa shape index (κ2) is 6.10. The third-order valence-corrected chi connectivity index (χ3v) is 6.65. The number of fused-ring (bicyclic) bond motifs is 1. The van der Waals surface area contributed by atoms with E-state index in [0.29, 0.717) is 18.1 Å². The van der Waals surface area contributed by atoms with Gasteiger partial charge < -0.3 is 4.90 Å². The number of anilines is 2. The third-order valence-electron chi connectivity index (χ3n) is 4.35. The molecule has 134 valence electrons. The van der Waals surface area contributed by atoms with Gasteiger partial charge in [0.1, 0.15) is 0 Å². The molecule has 0 saturated heterocycles. The largest absolute Gasteiger partial charge is 0.312 e. The minimum Gasteiger partial charge on any atom is -0.312 e. The van der Waals surface area contributed by atoms with Gasteiger partial charge in [-0.25, -0.2) is 13.4 Å². The molecule has 2 aromatic rings. The third kappa shape index (κ3) is 3.28. The zero-order valence-corrected chi connectivity index (χ0v) is 16.3. The topological polar surface area (TPSA) is 79.4 Å². The number of aryl methyl sites for hydroxylation is 1. The molecule has 8 heteroatoms. The number of carbonyl (C=O) groups is 1. The van der Waals surface area contributed by atoms with Crippen molar-refractivity contribution < 1.29 is 13.2 Å². The molecule has 2 heterocycles. The molecule has 0 spiro atoms. The van der Waals surface area contributed by atoms with E-state index in [9.17, 15) is 13.2 Å². The minimum absolute atomic E-state index is 0.0620. The monoisotopic (exact) mass is 379 g/mol. The molecule has 1 aliphatic heterocycles. The summed E-state index contributed by atoms with van der Waals surface area (Å²) >= 11 is 1.29. The fourth-order valence-corrected chi connectivity index (χ4v) is 5.02. The molecule has 1 aromatic carbocycles. The number of rotatable bonds is 4. The van der Waals surface area contributed by atoms with E-state index in [1.54, 1.807) is 29.3 Å². The van der Waals surface area contributed by atoms with Crippen molar-refractivity contribution in [1.82, 2.24) is 4.98 Å². The molecule has 1 amide bonds. The van der Waals surface area contributed by atoms with Crippen molar-refractivity contribution in [2.75, 3.05) is 16.2 Å². The van der Waals surface area contributed by atoms with Crippen LogP contribution in [0.1, 0.15) is 37.6 Å². The molecule has 1 aliphatic rings. The van der Waals surface area contributed by atoms with Crippen molar-refractivity contribution in [3.63, 3.8) is 0 Å². The molecule has 0 bridgehead atoms. The molecule has 0 unspecified atom stereocenters. The first-order valence-electron chi connectivity index (χ1n) is 8.04. The molecule has 1 aromatic heterocycles. The molecule has 3 rings (SSSR count). The lowest BCUT2D eigenvalue weighted by atomic mass is 9.77. The Morgan fingerprint density at radius 3 is 2.68 bits per heavy atom. The Kier molecular flexibility index (Phi) is 4.36. The van der Waals surface area contributed by atoms with Gasteiger partial charge >= 0.3 is 0 Å². The number of hydrogen-bond acceptors (Lipinski definition) is 5. The van der Waals surface area contributed by atoms with E-state index in [-0.39, 0.29) is 10.8 Å². The van der Waals surface area contributed by atoms with Gasteiger partial charge in [0.15, 0.2) is 5.13 Å². The molecule has 0 aliphatic carbocycles. The summed E-state index contributed by atoms with van der Waals surface area (Å²) < 4.78 is 27.9. The maximum absolute atomic E-state index is 12.7. The second-order valence-corrected chi connectivity index (χ2v) is 9.68. The van der Waals surface area contributed by atoms with E-state index in [0.717, 1.165) is 16.1 Å². The van der Waals surface area contributed by atoms with Crippen LogP contribution in [0.15, 0.2) is 29.3 Å². The standard InChI is InChI=1S/C17H21N3O3S2/c1-5-20-14-7-6-12(8-13(14)17(3,4)9-15(20)21)25(22,23)19-16-18-10-11(2)24-16/h6-8,10H,5,9H2,1-4H3,(H,18,19). The van der Waals surface area contributed by atoms with Crippen LogP contribution in [0.25, 0.3) is 0 Å². The summed E-state index contributed by atoms with van der Waals surface area (Å²) in [7, 11) is -3.73. The summed E-state index contributed by atoms with van der Waals surface area (Å²) in [6.45, 7) is 8.27. The lowest BCUT2D eigenvalue weighted by Crippen LogP contribution is -2.41. The van der Waals surface area contributed by atoms with Crippen LogP contribution in [-0.2, 0) is 20.2 Å². The zero-order valence-electron chi connectivity index (χ0n) is 14.7. The quantitative estimate of drug-likeness (QED) is 0.884. The zero-order chi connectivity index (χ0) is 18.4. The molecule has 25 heavy (non-hydrogen) atoms. The molecule has 1 N–H and O–H groups in total. The number of sulfonamides is 1. The summed E-state index contributed by atoms with van der Waals surface area (Å²) in [5.74, 6) is 0.0620. The van der Waals surface area contributed by atoms with Crippen LogP contribution in [0, 0.1) is 6.92 Å². The molecule has 0 saturated carbocycles. The predicted octanol–water partition coefficient (Wildman–Crippen LogP) is 3.29. The number of thiazole rings is 1. The summed E-state index contributed by atoms with van der Waals surface area (Å²) in [4.78, 5) is 19.2. The Morgan fingerprint density at radius 1 is 1.36 bits per heavy atom. The van der Waals surface area contributed by atoms with E-state index < -0.39 is 15.4 Å². The molecule has 0 fully saturated rings. The van der Waals surface area contributed by atoms with Crippen molar-refractivity contribution in [2.24, 2.45) is 0 Å². The van der Waals surface area contributed by atoms with Gasteiger partial charge in [-0.15, -0.1) is 11.3 Å². The van der Waals surface area contributed by atoms with E-state index in [1.807, 2.05) is 27.7 Å². The van der Waals surface area contributed by atoms with E-state index in [1.165, 1.54) is 11.3 Å². The highest BCUT2D eigenvalue weighted by Gasteiger charge is 2.37. The number of aromatic nitrogens is 1. The Labute approximate surface area is 151 Å². The van der Waals surface area contributed by atoms with Crippen molar-refractivity contribution >= 4 is 38.1 Å². The molecule has 6 nitrogen and oxygen atoms in total. The van der Waals surface area contributed by atoms with Gasteiger partial charge in [0.05, 0.1) is 4.90 Å². The van der Waals surface area contributed by atoms with Gasteiger partial charge in [0, 0.05) is 35.1 Å². The van der Waals surface area contributed by atoms with Crippen LogP contribution in [0.3, 0.4) is 0 Å². The highest BCUT2D eigenvalue weighted by Crippen LogP contribution is 2.41. The van der Waals surface area contributed by atoms with Gasteiger partial charge in [-0.1, -0.05) is 13.8 Å². The number of nitrogens with one attached hydrogen (secondary N) is 1. The predicted molar refractivity (Wildman–Crippen MR) is 99.8 cm³/mol. The number of benzene rings is 1. The maximum Gasteiger partial charge on any atom is 0.263 e. The lowest BCUT2D eigenvalue weighted by Gasteiger charge is -2.38. The first kappa shape index (κ1) is 17.9. The van der Waals surface area contributed by atoms with E-state index in [2.05, 4.69) is 9.71 Å². The first-order valence-corrected chi connectivity index (χ1v) is 10.3. The first-order chi connectivity index (χ1) is 11.6. The summed E-state index contributed by atoms with van der Waals surface area (Å²) in [5.41, 5.74) is 1.24. The van der Waals surface area contributed by atoms with E-state index in [4.69, 9.17) is 0 Å². The van der Waals surface area contributed by atoms with Crippen molar-refractivity contribution in [1.29, 1.82) is 0 Å². The summed E-state index contributed by atoms with van der Waals surface area (Å²) in [5, 5.41) is 0.347. The fourth-order valence-electron chi connectivity index (χ4n) is 3.09. The van der Waals surface area contributed by atoms with Gasteiger partial charge in [0.25, 0.3) is 10.0 Å². The number of hydrogen-bond donors (Lipinski definition) is 1. The van der Waals surface area contributed by atoms with Crippen LogP contribution in [0.4, 0.5) is 10.8 Å². The van der Waals surface area contributed by atoms with E-state index >= 15 is 0 Å². The van der Waals surface area contributed by atoms with Crippen LogP contribution >= 0.6 is 11.3 Å². The number of carbonyl (C=O) groups excluding carboxylic acids is 1.